The Morgan fingerprint density at radius 1 is 1.11 bits per heavy atom. The summed E-state index contributed by atoms with van der Waals surface area (Å²) < 4.78 is 2.23. The number of imidazole rings is 1. The number of halogens is 1. The van der Waals surface area contributed by atoms with E-state index in [0.717, 1.165) is 54.1 Å². The highest BCUT2D eigenvalue weighted by molar-refractivity contribution is 6.30. The normalized spacial score (nSPS) is 13.7. The summed E-state index contributed by atoms with van der Waals surface area (Å²) in [5.74, 6) is 0.797. The fourth-order valence-electron chi connectivity index (χ4n) is 3.82. The zero-order valence-electron chi connectivity index (χ0n) is 16.3. The molecule has 1 amide bonds. The minimum Gasteiger partial charge on any atom is -0.327 e. The molecule has 2 heterocycles. The van der Waals surface area contributed by atoms with Crippen LogP contribution in [0.3, 0.4) is 0 Å². The molecule has 0 fully saturated rings. The first-order valence-corrected chi connectivity index (χ1v) is 10.1. The third-order valence-electron chi connectivity index (χ3n) is 5.37. The van der Waals surface area contributed by atoms with E-state index in [-0.39, 0.29) is 5.91 Å². The van der Waals surface area contributed by atoms with E-state index in [1.54, 1.807) is 4.90 Å². The SMILES string of the molecule is Cc1cccc(N(C)C(=O)c2nc(-c3ccc(Cl)cc3)n3c2CCCCC3)c1. The van der Waals surface area contributed by atoms with Gasteiger partial charge in [-0.15, -0.1) is 0 Å². The van der Waals surface area contributed by atoms with Gasteiger partial charge in [0.05, 0.1) is 5.69 Å². The third kappa shape index (κ3) is 3.57. The van der Waals surface area contributed by atoms with Gasteiger partial charge in [0.15, 0.2) is 5.69 Å². The number of rotatable bonds is 3. The van der Waals surface area contributed by atoms with Gasteiger partial charge in [0.25, 0.3) is 5.91 Å². The van der Waals surface area contributed by atoms with Gasteiger partial charge in [0.2, 0.25) is 0 Å². The minimum atomic E-state index is -0.0588. The Morgan fingerprint density at radius 2 is 1.89 bits per heavy atom. The van der Waals surface area contributed by atoms with Crippen molar-refractivity contribution in [3.8, 4) is 11.4 Å². The summed E-state index contributed by atoms with van der Waals surface area (Å²) in [6.07, 6.45) is 4.23. The number of anilines is 1. The maximum atomic E-state index is 13.4. The van der Waals surface area contributed by atoms with E-state index in [2.05, 4.69) is 4.57 Å². The minimum absolute atomic E-state index is 0.0588. The zero-order chi connectivity index (χ0) is 19.7. The molecule has 5 heteroatoms. The van der Waals surface area contributed by atoms with Gasteiger partial charge in [-0.3, -0.25) is 4.79 Å². The van der Waals surface area contributed by atoms with Crippen molar-refractivity contribution in [1.29, 1.82) is 0 Å². The molecule has 0 saturated carbocycles. The van der Waals surface area contributed by atoms with E-state index in [0.29, 0.717) is 10.7 Å². The molecule has 1 aromatic heterocycles. The lowest BCUT2D eigenvalue weighted by molar-refractivity contribution is 0.0987. The number of aryl methyl sites for hydroxylation is 1. The first-order chi connectivity index (χ1) is 13.5. The number of fused-ring (bicyclic) bond motifs is 1. The molecule has 4 rings (SSSR count). The molecular formula is C23H24ClN3O. The topological polar surface area (TPSA) is 38.1 Å². The Hall–Kier alpha value is -2.59. The Balaban J connectivity index is 1.78. The summed E-state index contributed by atoms with van der Waals surface area (Å²) >= 11 is 6.06. The van der Waals surface area contributed by atoms with Crippen molar-refractivity contribution in [2.45, 2.75) is 39.2 Å². The van der Waals surface area contributed by atoms with Gasteiger partial charge in [-0.05, 0) is 68.1 Å². The van der Waals surface area contributed by atoms with Gasteiger partial charge in [-0.1, -0.05) is 30.2 Å². The molecule has 2 aromatic carbocycles. The molecule has 4 nitrogen and oxygen atoms in total. The number of carbonyl (C=O) groups is 1. The van der Waals surface area contributed by atoms with Crippen LogP contribution in [0.1, 0.15) is 41.0 Å². The van der Waals surface area contributed by atoms with Gasteiger partial charge in [-0.25, -0.2) is 4.98 Å². The smallest absolute Gasteiger partial charge is 0.278 e. The van der Waals surface area contributed by atoms with E-state index in [1.165, 1.54) is 6.42 Å². The van der Waals surface area contributed by atoms with Crippen LogP contribution >= 0.6 is 11.6 Å². The van der Waals surface area contributed by atoms with Crippen LogP contribution in [-0.4, -0.2) is 22.5 Å². The highest BCUT2D eigenvalue weighted by atomic mass is 35.5. The molecule has 144 valence electrons. The molecule has 1 aliphatic rings. The summed E-state index contributed by atoms with van der Waals surface area (Å²) in [5, 5.41) is 0.696. The van der Waals surface area contributed by atoms with Gasteiger partial charge in [-0.2, -0.15) is 0 Å². The summed E-state index contributed by atoms with van der Waals surface area (Å²) in [4.78, 5) is 19.9. The largest absolute Gasteiger partial charge is 0.327 e. The number of carbonyl (C=O) groups excluding carboxylic acids is 1. The molecule has 1 aliphatic heterocycles. The Bertz CT molecular complexity index is 1010. The number of benzene rings is 2. The van der Waals surface area contributed by atoms with E-state index >= 15 is 0 Å². The average molecular weight is 394 g/mol. The highest BCUT2D eigenvalue weighted by Gasteiger charge is 2.26. The van der Waals surface area contributed by atoms with Crippen LogP contribution in [0.4, 0.5) is 5.69 Å². The predicted molar refractivity (Wildman–Crippen MR) is 114 cm³/mol. The lowest BCUT2D eigenvalue weighted by atomic mass is 10.1. The quantitative estimate of drug-likeness (QED) is 0.588. The second kappa shape index (κ2) is 7.80. The Labute approximate surface area is 170 Å². The monoisotopic (exact) mass is 393 g/mol. The molecular weight excluding hydrogens is 370 g/mol. The molecule has 3 aromatic rings. The van der Waals surface area contributed by atoms with E-state index < -0.39 is 0 Å². The zero-order valence-corrected chi connectivity index (χ0v) is 17.0. The van der Waals surface area contributed by atoms with Crippen LogP contribution in [0, 0.1) is 6.92 Å². The van der Waals surface area contributed by atoms with E-state index in [4.69, 9.17) is 16.6 Å². The van der Waals surface area contributed by atoms with Crippen molar-refractivity contribution in [2.75, 3.05) is 11.9 Å². The summed E-state index contributed by atoms with van der Waals surface area (Å²) in [6, 6.07) is 15.7. The van der Waals surface area contributed by atoms with Crippen molar-refractivity contribution in [3.05, 3.63) is 70.5 Å². The molecule has 28 heavy (non-hydrogen) atoms. The predicted octanol–water partition coefficient (Wildman–Crippen LogP) is 5.51. The van der Waals surface area contributed by atoms with Crippen LogP contribution < -0.4 is 4.90 Å². The van der Waals surface area contributed by atoms with Crippen LogP contribution in [0.15, 0.2) is 48.5 Å². The number of hydrogen-bond acceptors (Lipinski definition) is 2. The third-order valence-corrected chi connectivity index (χ3v) is 5.62. The van der Waals surface area contributed by atoms with Crippen LogP contribution in [-0.2, 0) is 13.0 Å². The lowest BCUT2D eigenvalue weighted by Crippen LogP contribution is -2.27. The van der Waals surface area contributed by atoms with Gasteiger partial charge < -0.3 is 9.47 Å². The van der Waals surface area contributed by atoms with Gasteiger partial charge >= 0.3 is 0 Å². The molecule has 0 atom stereocenters. The van der Waals surface area contributed by atoms with E-state index in [1.807, 2.05) is 62.5 Å². The standard InChI is InChI=1S/C23H24ClN3O/c1-16-7-6-8-19(15-16)26(2)23(28)21-20-9-4-3-5-14-27(20)22(25-21)17-10-12-18(24)13-11-17/h6-8,10-13,15H,3-5,9,14H2,1-2H3. The van der Waals surface area contributed by atoms with Crippen LogP contribution in [0.25, 0.3) is 11.4 Å². The maximum absolute atomic E-state index is 13.4. The maximum Gasteiger partial charge on any atom is 0.278 e. The van der Waals surface area contributed by atoms with Crippen LogP contribution in [0.2, 0.25) is 5.02 Å². The van der Waals surface area contributed by atoms with Crippen molar-refractivity contribution in [2.24, 2.45) is 0 Å². The average Bonchev–Trinajstić information content (AvgIpc) is 2.88. The first kappa shape index (κ1) is 18.8. The second-order valence-electron chi connectivity index (χ2n) is 7.40. The fraction of sp³-hybridized carbons (Fsp3) is 0.304. The van der Waals surface area contributed by atoms with Crippen molar-refractivity contribution >= 4 is 23.2 Å². The second-order valence-corrected chi connectivity index (χ2v) is 7.84. The number of aromatic nitrogens is 2. The fourth-order valence-corrected chi connectivity index (χ4v) is 3.95. The summed E-state index contributed by atoms with van der Waals surface area (Å²) in [7, 11) is 1.82. The van der Waals surface area contributed by atoms with Crippen molar-refractivity contribution < 1.29 is 4.79 Å². The molecule has 0 unspecified atom stereocenters. The first-order valence-electron chi connectivity index (χ1n) is 9.74. The Morgan fingerprint density at radius 3 is 2.64 bits per heavy atom. The van der Waals surface area contributed by atoms with Crippen molar-refractivity contribution in [3.63, 3.8) is 0 Å². The molecule has 0 N–H and O–H groups in total. The van der Waals surface area contributed by atoms with Gasteiger partial charge in [0.1, 0.15) is 5.82 Å². The summed E-state index contributed by atoms with van der Waals surface area (Å²) in [6.45, 7) is 2.92. The molecule has 0 radical (unpaired) electrons. The molecule has 0 saturated heterocycles. The molecule has 0 bridgehead atoms. The molecule has 0 spiro atoms. The van der Waals surface area contributed by atoms with Crippen LogP contribution in [0.5, 0.6) is 0 Å². The number of nitrogens with zero attached hydrogens (tertiary/aromatic N) is 3. The highest BCUT2D eigenvalue weighted by Crippen LogP contribution is 2.29. The van der Waals surface area contributed by atoms with E-state index in [9.17, 15) is 4.79 Å². The van der Waals surface area contributed by atoms with Crippen molar-refractivity contribution in [1.82, 2.24) is 9.55 Å². The molecule has 0 aliphatic carbocycles. The van der Waals surface area contributed by atoms with Gasteiger partial charge in [0, 0.05) is 29.9 Å². The number of hydrogen-bond donors (Lipinski definition) is 0. The summed E-state index contributed by atoms with van der Waals surface area (Å²) in [5.41, 5.74) is 4.61. The number of amides is 1. The lowest BCUT2D eigenvalue weighted by Gasteiger charge is -2.17. The Kier molecular flexibility index (Phi) is 5.23.